The summed E-state index contributed by atoms with van der Waals surface area (Å²) in [6.07, 6.45) is 18.2. The molecule has 0 aliphatic carbocycles. The fraction of sp³-hybridized carbons (Fsp3) is 0.372. The number of hydrogen-bond donors (Lipinski definition) is 3. The van der Waals surface area contributed by atoms with Crippen LogP contribution in [0.5, 0.6) is 0 Å². The Morgan fingerprint density at radius 3 is 2.79 bits per heavy atom. The van der Waals surface area contributed by atoms with Gasteiger partial charge >= 0.3 is 0 Å². The van der Waals surface area contributed by atoms with Crippen molar-refractivity contribution in [1.29, 1.82) is 0 Å². The number of unbranched alkanes of at least 4 members (excludes halogenated alkanes) is 3. The lowest BCUT2D eigenvalue weighted by Crippen LogP contribution is -2.51. The number of nitrogens with zero attached hydrogens (tertiary/aromatic N) is 4. The van der Waals surface area contributed by atoms with Crippen molar-refractivity contribution in [2.75, 3.05) is 58.6 Å². The van der Waals surface area contributed by atoms with Crippen molar-refractivity contribution in [3.63, 3.8) is 0 Å². The van der Waals surface area contributed by atoms with E-state index < -0.39 is 11.9 Å². The fourth-order valence-electron chi connectivity index (χ4n) is 6.48. The van der Waals surface area contributed by atoms with Crippen molar-refractivity contribution >= 4 is 58.9 Å². The Bertz CT molecular complexity index is 2040. The van der Waals surface area contributed by atoms with Crippen LogP contribution in [-0.2, 0) is 20.8 Å². The number of hydrogen-bond acceptors (Lipinski definition) is 11. The molecule has 1 unspecified atom stereocenters. The molecule has 1 atom stereocenters. The molecule has 2 amide bonds. The quantitative estimate of drug-likeness (QED) is 0.0325. The van der Waals surface area contributed by atoms with E-state index in [2.05, 4.69) is 86.2 Å². The second kappa shape index (κ2) is 22.7. The van der Waals surface area contributed by atoms with Gasteiger partial charge in [0.2, 0.25) is 0 Å². The first-order valence-electron chi connectivity index (χ1n) is 19.2. The smallest absolute Gasteiger partial charge is 0.266 e. The molecule has 1 aliphatic rings. The Morgan fingerprint density at radius 2 is 2.00 bits per heavy atom. The molecule has 2 aromatic carbocycles. The van der Waals surface area contributed by atoms with Crippen LogP contribution in [0.15, 0.2) is 83.5 Å². The van der Waals surface area contributed by atoms with E-state index in [0.29, 0.717) is 44.8 Å². The first-order chi connectivity index (χ1) is 27.8. The van der Waals surface area contributed by atoms with Crippen LogP contribution in [0.3, 0.4) is 0 Å². The van der Waals surface area contributed by atoms with Gasteiger partial charge in [0.25, 0.3) is 11.8 Å². The van der Waals surface area contributed by atoms with Crippen LogP contribution in [-0.4, -0.2) is 97.5 Å². The number of aldehydes is 1. The molecule has 14 heteroatoms. The number of aryl methyl sites for hydroxylation is 1. The van der Waals surface area contributed by atoms with E-state index in [9.17, 15) is 14.4 Å². The van der Waals surface area contributed by atoms with Crippen LogP contribution in [0.25, 0.3) is 16.8 Å². The molecular formula is C43H53N7O5S2. The molecule has 0 saturated carbocycles. The molecule has 4 aromatic rings. The largest absolute Gasteiger partial charge is 0.391 e. The lowest BCUT2D eigenvalue weighted by Gasteiger charge is -2.30. The SMILES string of the molecule is CN=C/C=C(\C=C\NCCCCCCOCCNc1cccc(C(=O)N(C)C2CCONC2=O)c1C=O)c1cccc(-c2csc(Cc3cc(C)n(SC)c3)n2)c1. The van der Waals surface area contributed by atoms with E-state index in [4.69, 9.17) is 14.6 Å². The molecule has 3 N–H and O–H groups in total. The van der Waals surface area contributed by atoms with Crippen LogP contribution in [0.1, 0.15) is 74.6 Å². The zero-order valence-corrected chi connectivity index (χ0v) is 34.8. The van der Waals surface area contributed by atoms with Crippen molar-refractivity contribution in [3.8, 4) is 11.3 Å². The Balaban J connectivity index is 0.987. The van der Waals surface area contributed by atoms with Gasteiger partial charge in [-0.1, -0.05) is 37.1 Å². The summed E-state index contributed by atoms with van der Waals surface area (Å²) in [5.74, 6) is -0.786. The van der Waals surface area contributed by atoms with Crippen LogP contribution >= 0.6 is 23.3 Å². The van der Waals surface area contributed by atoms with Gasteiger partial charge in [0.15, 0.2) is 6.29 Å². The number of carbonyl (C=O) groups is 3. The predicted octanol–water partition coefficient (Wildman–Crippen LogP) is 7.22. The average molecular weight is 812 g/mol. The van der Waals surface area contributed by atoms with E-state index >= 15 is 0 Å². The van der Waals surface area contributed by atoms with Crippen molar-refractivity contribution in [3.05, 3.63) is 111 Å². The third kappa shape index (κ3) is 12.5. The molecular weight excluding hydrogens is 759 g/mol. The molecule has 57 heavy (non-hydrogen) atoms. The number of amides is 2. The molecule has 0 spiro atoms. The molecule has 5 rings (SSSR count). The number of anilines is 1. The molecule has 0 radical (unpaired) electrons. The number of hydroxylamine groups is 1. The maximum absolute atomic E-state index is 13.2. The lowest BCUT2D eigenvalue weighted by atomic mass is 10.0. The number of rotatable bonds is 22. The normalized spacial score (nSPS) is 14.6. The molecule has 12 nitrogen and oxygen atoms in total. The van der Waals surface area contributed by atoms with Gasteiger partial charge in [-0.3, -0.25) is 28.2 Å². The summed E-state index contributed by atoms with van der Waals surface area (Å²) in [6.45, 7) is 4.90. The van der Waals surface area contributed by atoms with Gasteiger partial charge in [0, 0.05) is 87.6 Å². The predicted molar refractivity (Wildman–Crippen MR) is 232 cm³/mol. The Kier molecular flexibility index (Phi) is 17.1. The van der Waals surface area contributed by atoms with E-state index in [1.54, 1.807) is 55.6 Å². The molecule has 2 aromatic heterocycles. The number of aromatic nitrogens is 2. The monoisotopic (exact) mass is 811 g/mol. The van der Waals surface area contributed by atoms with Gasteiger partial charge in [0.1, 0.15) is 6.04 Å². The molecule has 1 saturated heterocycles. The average Bonchev–Trinajstić information content (AvgIpc) is 3.85. The third-order valence-electron chi connectivity index (χ3n) is 9.54. The van der Waals surface area contributed by atoms with Crippen LogP contribution < -0.4 is 16.1 Å². The van der Waals surface area contributed by atoms with E-state index in [1.165, 1.54) is 16.2 Å². The van der Waals surface area contributed by atoms with Gasteiger partial charge < -0.3 is 20.3 Å². The number of carbonyl (C=O) groups excluding carboxylic acids is 3. The molecule has 302 valence electrons. The molecule has 3 heterocycles. The number of likely N-dealkylation sites (N-methyl/N-ethyl adjacent to an activating group) is 1. The number of aliphatic imine (C=N–C) groups is 1. The summed E-state index contributed by atoms with van der Waals surface area (Å²) < 4.78 is 8.01. The summed E-state index contributed by atoms with van der Waals surface area (Å²) in [5, 5.41) is 9.89. The highest BCUT2D eigenvalue weighted by molar-refractivity contribution is 7.97. The highest BCUT2D eigenvalue weighted by Crippen LogP contribution is 2.28. The van der Waals surface area contributed by atoms with Gasteiger partial charge in [0.05, 0.1) is 35.0 Å². The summed E-state index contributed by atoms with van der Waals surface area (Å²) in [7, 11) is 3.33. The zero-order valence-electron chi connectivity index (χ0n) is 33.2. The van der Waals surface area contributed by atoms with E-state index in [0.717, 1.165) is 66.1 Å². The minimum Gasteiger partial charge on any atom is -0.391 e. The fourth-order valence-corrected chi connectivity index (χ4v) is 7.90. The van der Waals surface area contributed by atoms with Crippen LogP contribution in [0.2, 0.25) is 0 Å². The highest BCUT2D eigenvalue weighted by Gasteiger charge is 2.31. The van der Waals surface area contributed by atoms with Crippen molar-refractivity contribution in [2.45, 2.75) is 51.5 Å². The van der Waals surface area contributed by atoms with Crippen molar-refractivity contribution in [1.82, 2.24) is 24.7 Å². The van der Waals surface area contributed by atoms with Crippen LogP contribution in [0, 0.1) is 6.92 Å². The summed E-state index contributed by atoms with van der Waals surface area (Å²) in [5.41, 5.74) is 10.1. The first-order valence-corrected chi connectivity index (χ1v) is 21.3. The number of benzene rings is 2. The van der Waals surface area contributed by atoms with Crippen LogP contribution in [0.4, 0.5) is 5.69 Å². The minimum absolute atomic E-state index is 0.237. The number of nitrogens with one attached hydrogen (secondary N) is 3. The van der Waals surface area contributed by atoms with Gasteiger partial charge in [-0.05, 0) is 91.0 Å². The van der Waals surface area contributed by atoms with Gasteiger partial charge in [-0.25, -0.2) is 10.5 Å². The van der Waals surface area contributed by atoms with E-state index in [1.807, 2.05) is 18.5 Å². The number of ether oxygens (including phenoxy) is 1. The maximum Gasteiger partial charge on any atom is 0.266 e. The molecule has 1 fully saturated rings. The number of thiazole rings is 1. The standard InChI is InChI=1S/C43H53N7O5S2/c1-31-25-32(28-50(31)56-4)26-41-47-39(30-57-41)35-12-9-11-34(27-35)33(15-19-44-2)16-20-45-18-7-5-6-8-22-54-24-21-46-38-14-10-13-36(37(38)29-51)43(53)49(3)40-17-23-55-48-42(40)52/h9-16,19-20,25,27-30,40,45-46H,5-8,17-18,21-24,26H2,1-4H3,(H,48,52)/b20-16+,33-15+,44-19?. The highest BCUT2D eigenvalue weighted by atomic mass is 32.2. The maximum atomic E-state index is 13.2. The van der Waals surface area contributed by atoms with Gasteiger partial charge in [-0.2, -0.15) is 0 Å². The molecule has 0 bridgehead atoms. The third-order valence-corrected chi connectivity index (χ3v) is 11.2. The number of allylic oxidation sites excluding steroid dienone is 3. The zero-order chi connectivity index (χ0) is 40.4. The van der Waals surface area contributed by atoms with Crippen molar-refractivity contribution < 1.29 is 24.0 Å². The summed E-state index contributed by atoms with van der Waals surface area (Å²) in [4.78, 5) is 52.8. The Labute approximate surface area is 343 Å². The van der Waals surface area contributed by atoms with Crippen molar-refractivity contribution in [2.24, 2.45) is 4.99 Å². The summed E-state index contributed by atoms with van der Waals surface area (Å²) >= 11 is 3.40. The van der Waals surface area contributed by atoms with Gasteiger partial charge in [-0.15, -0.1) is 11.3 Å². The second-order valence-corrected chi connectivity index (χ2v) is 15.3. The Morgan fingerprint density at radius 1 is 1.16 bits per heavy atom. The Hall–Kier alpha value is -5.02. The first kappa shape index (κ1) is 43.1. The summed E-state index contributed by atoms with van der Waals surface area (Å²) in [6, 6.07) is 15.1. The topological polar surface area (TPSA) is 139 Å². The second-order valence-electron chi connectivity index (χ2n) is 13.6. The lowest BCUT2D eigenvalue weighted by molar-refractivity contribution is -0.145. The molecule has 1 aliphatic heterocycles. The minimum atomic E-state index is -0.662. The van der Waals surface area contributed by atoms with E-state index in [-0.39, 0.29) is 17.0 Å².